The summed E-state index contributed by atoms with van der Waals surface area (Å²) in [6.07, 6.45) is 1.37. The van der Waals surface area contributed by atoms with Crippen LogP contribution in [0.4, 0.5) is 0 Å². The molecule has 0 amide bonds. The molecule has 21 heavy (non-hydrogen) atoms. The summed E-state index contributed by atoms with van der Waals surface area (Å²) in [5, 5.41) is 0. The van der Waals surface area contributed by atoms with E-state index in [0.29, 0.717) is 12.2 Å². The molecule has 116 valence electrons. The fraction of sp³-hybridized carbons (Fsp3) is 0.526. The lowest BCUT2D eigenvalue weighted by Gasteiger charge is -2.30. The Bertz CT molecular complexity index is 505. The number of hydrogen-bond donors (Lipinski definition) is 0. The third kappa shape index (κ3) is 3.96. The first-order valence-corrected chi connectivity index (χ1v) is 7.51. The van der Waals surface area contributed by atoms with E-state index in [2.05, 4.69) is 48.1 Å². The van der Waals surface area contributed by atoms with Crippen LogP contribution in [-0.4, -0.2) is 12.4 Å². The van der Waals surface area contributed by atoms with Crippen LogP contribution in [0, 0.1) is 0 Å². The second-order valence-electron chi connectivity index (χ2n) is 7.40. The summed E-state index contributed by atoms with van der Waals surface area (Å²) < 4.78 is 5.95. The fourth-order valence-corrected chi connectivity index (χ4v) is 2.30. The number of rotatable bonds is 4. The summed E-state index contributed by atoms with van der Waals surface area (Å²) >= 11 is 0. The highest BCUT2D eigenvalue weighted by Crippen LogP contribution is 2.40. The van der Waals surface area contributed by atoms with Gasteiger partial charge < -0.3 is 4.74 Å². The van der Waals surface area contributed by atoms with E-state index in [4.69, 9.17) is 4.74 Å². The molecule has 0 spiro atoms. The van der Waals surface area contributed by atoms with Crippen molar-refractivity contribution in [2.45, 2.75) is 59.3 Å². The largest absolute Gasteiger partial charge is 0.493 e. The Morgan fingerprint density at radius 1 is 1.10 bits per heavy atom. The number of hydrogen-bond acceptors (Lipinski definition) is 2. The van der Waals surface area contributed by atoms with Crippen LogP contribution in [0.25, 0.3) is 0 Å². The first kappa shape index (κ1) is 17.5. The molecule has 0 bridgehead atoms. The summed E-state index contributed by atoms with van der Waals surface area (Å²) in [6.45, 7) is 19.0. The van der Waals surface area contributed by atoms with Crippen LogP contribution in [0.2, 0.25) is 0 Å². The number of ketones is 1. The molecule has 0 aliphatic carbocycles. The van der Waals surface area contributed by atoms with E-state index in [1.807, 2.05) is 19.1 Å². The summed E-state index contributed by atoms with van der Waals surface area (Å²) in [4.78, 5) is 12.1. The Balaban J connectivity index is 3.74. The maximum absolute atomic E-state index is 12.1. The smallest absolute Gasteiger partial charge is 0.185 e. The highest BCUT2D eigenvalue weighted by molar-refractivity contribution is 6.04. The van der Waals surface area contributed by atoms with E-state index < -0.39 is 0 Å². The molecule has 0 radical (unpaired) electrons. The van der Waals surface area contributed by atoms with Crippen molar-refractivity contribution in [2.24, 2.45) is 0 Å². The van der Waals surface area contributed by atoms with E-state index in [1.54, 1.807) is 0 Å². The van der Waals surface area contributed by atoms with Gasteiger partial charge in [0.05, 0.1) is 6.61 Å². The Morgan fingerprint density at radius 2 is 1.52 bits per heavy atom. The highest BCUT2D eigenvalue weighted by Gasteiger charge is 2.28. The molecule has 1 aromatic rings. The molecule has 0 aliphatic heterocycles. The van der Waals surface area contributed by atoms with Crippen molar-refractivity contribution < 1.29 is 9.53 Å². The van der Waals surface area contributed by atoms with E-state index >= 15 is 0 Å². The van der Waals surface area contributed by atoms with Gasteiger partial charge in [-0.2, -0.15) is 0 Å². The molecule has 0 heterocycles. The SMILES string of the molecule is C=CC(=O)c1cc(C(C)(C)C)c(OCC)c(C(C)(C)C)c1. The number of benzene rings is 1. The van der Waals surface area contributed by atoms with Crippen molar-refractivity contribution in [3.05, 3.63) is 41.5 Å². The number of allylic oxidation sites excluding steroid dienone is 1. The van der Waals surface area contributed by atoms with Gasteiger partial charge in [0.25, 0.3) is 0 Å². The van der Waals surface area contributed by atoms with Crippen LogP contribution < -0.4 is 4.74 Å². The monoisotopic (exact) mass is 288 g/mol. The first-order chi connectivity index (χ1) is 9.52. The lowest BCUT2D eigenvalue weighted by atomic mass is 9.78. The molecular formula is C19H28O2. The fourth-order valence-electron chi connectivity index (χ4n) is 2.30. The van der Waals surface area contributed by atoms with Gasteiger partial charge in [-0.05, 0) is 36.0 Å². The molecule has 0 aliphatic rings. The van der Waals surface area contributed by atoms with Crippen LogP contribution in [-0.2, 0) is 10.8 Å². The summed E-state index contributed by atoms with van der Waals surface area (Å²) in [6, 6.07) is 3.90. The molecule has 1 rings (SSSR count). The zero-order valence-corrected chi connectivity index (χ0v) is 14.5. The predicted octanol–water partition coefficient (Wildman–Crippen LogP) is 5.05. The maximum Gasteiger partial charge on any atom is 0.185 e. The van der Waals surface area contributed by atoms with Gasteiger partial charge in [0.2, 0.25) is 0 Å². The quantitative estimate of drug-likeness (QED) is 0.572. The topological polar surface area (TPSA) is 26.3 Å². The minimum absolute atomic E-state index is 0.0472. The molecule has 2 heteroatoms. The molecule has 0 fully saturated rings. The van der Waals surface area contributed by atoms with Crippen molar-refractivity contribution in [1.29, 1.82) is 0 Å². The van der Waals surface area contributed by atoms with Crippen LogP contribution in [0.15, 0.2) is 24.8 Å². The minimum Gasteiger partial charge on any atom is -0.493 e. The van der Waals surface area contributed by atoms with Crippen molar-refractivity contribution in [3.8, 4) is 5.75 Å². The van der Waals surface area contributed by atoms with E-state index in [9.17, 15) is 4.79 Å². The van der Waals surface area contributed by atoms with Gasteiger partial charge in [-0.3, -0.25) is 4.79 Å². The number of carbonyl (C=O) groups excluding carboxylic acids is 1. The molecule has 0 saturated heterocycles. The molecule has 0 N–H and O–H groups in total. The lowest BCUT2D eigenvalue weighted by Crippen LogP contribution is -2.21. The standard InChI is InChI=1S/C19H28O2/c1-9-16(20)13-11-14(18(3,4)5)17(21-10-2)15(12-13)19(6,7)8/h9,11-12H,1,10H2,2-8H3. The number of ether oxygens (including phenoxy) is 1. The van der Waals surface area contributed by atoms with Crippen LogP contribution in [0.3, 0.4) is 0 Å². The summed E-state index contributed by atoms with van der Waals surface area (Å²) in [5.41, 5.74) is 2.64. The first-order valence-electron chi connectivity index (χ1n) is 7.51. The lowest BCUT2D eigenvalue weighted by molar-refractivity contribution is 0.104. The van der Waals surface area contributed by atoms with E-state index in [-0.39, 0.29) is 16.6 Å². The Morgan fingerprint density at radius 3 is 1.81 bits per heavy atom. The Labute approximate surface area is 129 Å². The van der Waals surface area contributed by atoms with Gasteiger partial charge in [-0.15, -0.1) is 0 Å². The highest BCUT2D eigenvalue weighted by atomic mass is 16.5. The van der Waals surface area contributed by atoms with Crippen molar-refractivity contribution >= 4 is 5.78 Å². The van der Waals surface area contributed by atoms with Gasteiger partial charge in [0.15, 0.2) is 5.78 Å². The zero-order chi connectivity index (χ0) is 16.4. The minimum atomic E-state index is -0.0953. The van der Waals surface area contributed by atoms with Gasteiger partial charge in [0, 0.05) is 16.7 Å². The van der Waals surface area contributed by atoms with Crippen LogP contribution in [0.5, 0.6) is 5.75 Å². The average Bonchev–Trinajstić information content (AvgIpc) is 2.35. The number of carbonyl (C=O) groups is 1. The van der Waals surface area contributed by atoms with Crippen molar-refractivity contribution in [1.82, 2.24) is 0 Å². The molecule has 0 atom stereocenters. The van der Waals surface area contributed by atoms with E-state index in [0.717, 1.165) is 16.9 Å². The van der Waals surface area contributed by atoms with Crippen molar-refractivity contribution in [3.63, 3.8) is 0 Å². The van der Waals surface area contributed by atoms with Gasteiger partial charge in [-0.25, -0.2) is 0 Å². The predicted molar refractivity (Wildman–Crippen MR) is 89.5 cm³/mol. The molecule has 0 saturated carbocycles. The second-order valence-corrected chi connectivity index (χ2v) is 7.40. The second kappa shape index (κ2) is 6.05. The Hall–Kier alpha value is -1.57. The van der Waals surface area contributed by atoms with Gasteiger partial charge >= 0.3 is 0 Å². The van der Waals surface area contributed by atoms with Crippen LogP contribution >= 0.6 is 0 Å². The normalized spacial score (nSPS) is 12.1. The third-order valence-corrected chi connectivity index (χ3v) is 3.46. The molecule has 2 nitrogen and oxygen atoms in total. The Kier molecular flexibility index (Phi) is 5.03. The molecule has 1 aromatic carbocycles. The average molecular weight is 288 g/mol. The zero-order valence-electron chi connectivity index (χ0n) is 14.5. The maximum atomic E-state index is 12.1. The van der Waals surface area contributed by atoms with Crippen molar-refractivity contribution in [2.75, 3.05) is 6.61 Å². The van der Waals surface area contributed by atoms with Crippen LogP contribution in [0.1, 0.15) is 70.0 Å². The van der Waals surface area contributed by atoms with Gasteiger partial charge in [-0.1, -0.05) is 48.1 Å². The van der Waals surface area contributed by atoms with E-state index in [1.165, 1.54) is 6.08 Å². The summed E-state index contributed by atoms with van der Waals surface area (Å²) in [5.74, 6) is 0.868. The molecule has 0 aromatic heterocycles. The molecule has 0 unspecified atom stereocenters. The molecular weight excluding hydrogens is 260 g/mol. The van der Waals surface area contributed by atoms with Gasteiger partial charge in [0.1, 0.15) is 5.75 Å². The summed E-state index contributed by atoms with van der Waals surface area (Å²) in [7, 11) is 0. The third-order valence-electron chi connectivity index (χ3n) is 3.46.